The van der Waals surface area contributed by atoms with Crippen LogP contribution in [0.15, 0.2) is 24.3 Å². The Kier molecular flexibility index (Phi) is 3.25. The molecule has 1 saturated carbocycles. The van der Waals surface area contributed by atoms with Crippen LogP contribution < -0.4 is 0 Å². The van der Waals surface area contributed by atoms with Gasteiger partial charge in [0.05, 0.1) is 18.1 Å². The van der Waals surface area contributed by atoms with E-state index in [2.05, 4.69) is 18.2 Å². The van der Waals surface area contributed by atoms with Crippen molar-refractivity contribution in [2.24, 2.45) is 5.92 Å². The SMILES string of the molecule is N#Cc1ccc(C2CCC(C3CC(=O)O3)CC2)cc1. The molecule has 3 nitrogen and oxygen atoms in total. The molecule has 1 heterocycles. The van der Waals surface area contributed by atoms with E-state index in [4.69, 9.17) is 10.00 Å². The van der Waals surface area contributed by atoms with E-state index in [1.165, 1.54) is 5.56 Å². The third-order valence-corrected chi connectivity index (χ3v) is 4.46. The van der Waals surface area contributed by atoms with Gasteiger partial charge in [0, 0.05) is 0 Å². The summed E-state index contributed by atoms with van der Waals surface area (Å²) in [6.45, 7) is 0. The number of nitrogens with zero attached hydrogens (tertiary/aromatic N) is 1. The first-order valence-corrected chi connectivity index (χ1v) is 6.96. The van der Waals surface area contributed by atoms with E-state index < -0.39 is 0 Å². The molecule has 2 fully saturated rings. The normalized spacial score (nSPS) is 30.1. The van der Waals surface area contributed by atoms with Crippen molar-refractivity contribution in [1.29, 1.82) is 5.26 Å². The second kappa shape index (κ2) is 5.05. The molecular formula is C16H17NO2. The highest BCUT2D eigenvalue weighted by atomic mass is 16.6. The molecule has 0 N–H and O–H groups in total. The smallest absolute Gasteiger partial charge is 0.309 e. The lowest BCUT2D eigenvalue weighted by molar-refractivity contribution is -0.176. The van der Waals surface area contributed by atoms with E-state index in [-0.39, 0.29) is 12.1 Å². The fourth-order valence-electron chi connectivity index (χ4n) is 3.24. The predicted octanol–water partition coefficient (Wildman–Crippen LogP) is 3.15. The van der Waals surface area contributed by atoms with Crippen LogP contribution in [0.4, 0.5) is 0 Å². The van der Waals surface area contributed by atoms with Gasteiger partial charge < -0.3 is 4.74 Å². The second-order valence-corrected chi connectivity index (χ2v) is 5.58. The summed E-state index contributed by atoms with van der Waals surface area (Å²) in [4.78, 5) is 10.9. The summed E-state index contributed by atoms with van der Waals surface area (Å²) >= 11 is 0. The van der Waals surface area contributed by atoms with Gasteiger partial charge in [-0.15, -0.1) is 0 Å². The summed E-state index contributed by atoms with van der Waals surface area (Å²) in [6.07, 6.45) is 5.40. The third-order valence-electron chi connectivity index (χ3n) is 4.46. The zero-order valence-corrected chi connectivity index (χ0v) is 10.8. The van der Waals surface area contributed by atoms with Crippen LogP contribution in [0.2, 0.25) is 0 Å². The van der Waals surface area contributed by atoms with Crippen molar-refractivity contribution < 1.29 is 9.53 Å². The van der Waals surface area contributed by atoms with Gasteiger partial charge in [-0.3, -0.25) is 4.79 Å². The number of carbonyl (C=O) groups excluding carboxylic acids is 1. The summed E-state index contributed by atoms with van der Waals surface area (Å²) in [5.41, 5.74) is 2.06. The minimum absolute atomic E-state index is 0.0424. The van der Waals surface area contributed by atoms with E-state index in [1.54, 1.807) is 0 Å². The monoisotopic (exact) mass is 255 g/mol. The number of rotatable bonds is 2. The fraction of sp³-hybridized carbons (Fsp3) is 0.500. The first-order chi connectivity index (χ1) is 9.26. The molecule has 1 aromatic rings. The van der Waals surface area contributed by atoms with Gasteiger partial charge in [0.15, 0.2) is 0 Å². The quantitative estimate of drug-likeness (QED) is 0.763. The number of ether oxygens (including phenoxy) is 1. The highest BCUT2D eigenvalue weighted by molar-refractivity contribution is 5.75. The molecule has 3 rings (SSSR count). The van der Waals surface area contributed by atoms with E-state index in [9.17, 15) is 4.79 Å². The van der Waals surface area contributed by atoms with Gasteiger partial charge in [-0.05, 0) is 55.2 Å². The second-order valence-electron chi connectivity index (χ2n) is 5.58. The first kappa shape index (κ1) is 12.2. The molecule has 0 aromatic heterocycles. The zero-order chi connectivity index (χ0) is 13.2. The predicted molar refractivity (Wildman–Crippen MR) is 70.4 cm³/mol. The number of cyclic esters (lactones) is 1. The van der Waals surface area contributed by atoms with Crippen LogP contribution in [-0.4, -0.2) is 12.1 Å². The van der Waals surface area contributed by atoms with Crippen LogP contribution in [0, 0.1) is 17.2 Å². The van der Waals surface area contributed by atoms with Crippen molar-refractivity contribution in [3.8, 4) is 6.07 Å². The number of nitriles is 1. The Hall–Kier alpha value is -1.82. The number of benzene rings is 1. The van der Waals surface area contributed by atoms with Crippen molar-refractivity contribution >= 4 is 5.97 Å². The van der Waals surface area contributed by atoms with Crippen molar-refractivity contribution in [2.45, 2.75) is 44.1 Å². The Morgan fingerprint density at radius 3 is 2.26 bits per heavy atom. The van der Waals surface area contributed by atoms with Crippen molar-refractivity contribution in [3.63, 3.8) is 0 Å². The Balaban J connectivity index is 1.57. The van der Waals surface area contributed by atoms with Gasteiger partial charge in [0.25, 0.3) is 0 Å². The molecule has 98 valence electrons. The zero-order valence-electron chi connectivity index (χ0n) is 10.8. The maximum Gasteiger partial charge on any atom is 0.309 e. The van der Waals surface area contributed by atoms with Crippen LogP contribution in [-0.2, 0) is 9.53 Å². The topological polar surface area (TPSA) is 50.1 Å². The maximum atomic E-state index is 10.9. The largest absolute Gasteiger partial charge is 0.461 e. The third kappa shape index (κ3) is 2.49. The highest BCUT2D eigenvalue weighted by Crippen LogP contribution is 2.40. The molecule has 19 heavy (non-hydrogen) atoms. The Morgan fingerprint density at radius 1 is 1.11 bits per heavy atom. The minimum atomic E-state index is -0.0424. The van der Waals surface area contributed by atoms with Gasteiger partial charge in [0.2, 0.25) is 0 Å². The molecule has 1 aromatic carbocycles. The first-order valence-electron chi connectivity index (χ1n) is 6.96. The van der Waals surface area contributed by atoms with Crippen molar-refractivity contribution in [1.82, 2.24) is 0 Å². The molecule has 1 unspecified atom stereocenters. The standard InChI is InChI=1S/C16H17NO2/c17-10-11-1-3-12(4-2-11)13-5-7-14(8-6-13)15-9-16(18)19-15/h1-4,13-15H,5-9H2. The van der Waals surface area contributed by atoms with Crippen LogP contribution in [0.1, 0.15) is 49.1 Å². The molecular weight excluding hydrogens is 238 g/mol. The summed E-state index contributed by atoms with van der Waals surface area (Å²) < 4.78 is 5.17. The van der Waals surface area contributed by atoms with Crippen LogP contribution >= 0.6 is 0 Å². The molecule has 1 saturated heterocycles. The number of hydrogen-bond acceptors (Lipinski definition) is 3. The summed E-state index contributed by atoms with van der Waals surface area (Å²) in [5.74, 6) is 1.12. The lowest BCUT2D eigenvalue weighted by atomic mass is 9.75. The summed E-state index contributed by atoms with van der Waals surface area (Å²) in [6, 6.07) is 10.1. The lowest BCUT2D eigenvalue weighted by Crippen LogP contribution is -2.40. The lowest BCUT2D eigenvalue weighted by Gasteiger charge is -2.37. The average Bonchev–Trinajstić information content (AvgIpc) is 2.44. The molecule has 0 radical (unpaired) electrons. The minimum Gasteiger partial charge on any atom is -0.461 e. The van der Waals surface area contributed by atoms with Crippen LogP contribution in [0.3, 0.4) is 0 Å². The number of hydrogen-bond donors (Lipinski definition) is 0. The molecule has 1 atom stereocenters. The summed E-state index contributed by atoms with van der Waals surface area (Å²) in [7, 11) is 0. The van der Waals surface area contributed by atoms with E-state index in [0.717, 1.165) is 31.2 Å². The van der Waals surface area contributed by atoms with Crippen LogP contribution in [0.25, 0.3) is 0 Å². The van der Waals surface area contributed by atoms with Crippen LogP contribution in [0.5, 0.6) is 0 Å². The highest BCUT2D eigenvalue weighted by Gasteiger charge is 2.37. The number of carbonyl (C=O) groups is 1. The van der Waals surface area contributed by atoms with E-state index >= 15 is 0 Å². The Labute approximate surface area is 113 Å². The van der Waals surface area contributed by atoms with Crippen molar-refractivity contribution in [3.05, 3.63) is 35.4 Å². The van der Waals surface area contributed by atoms with Gasteiger partial charge in [-0.1, -0.05) is 12.1 Å². The van der Waals surface area contributed by atoms with Gasteiger partial charge in [-0.25, -0.2) is 0 Å². The molecule has 3 heteroatoms. The average molecular weight is 255 g/mol. The van der Waals surface area contributed by atoms with E-state index in [1.807, 2.05) is 12.1 Å². The maximum absolute atomic E-state index is 10.9. The molecule has 2 aliphatic rings. The molecule has 0 spiro atoms. The number of esters is 1. The molecule has 0 amide bonds. The van der Waals surface area contributed by atoms with E-state index in [0.29, 0.717) is 18.3 Å². The Morgan fingerprint density at radius 2 is 1.74 bits per heavy atom. The summed E-state index contributed by atoms with van der Waals surface area (Å²) in [5, 5.41) is 8.80. The molecule has 1 aliphatic heterocycles. The Bertz CT molecular complexity index is 499. The van der Waals surface area contributed by atoms with Gasteiger partial charge >= 0.3 is 5.97 Å². The van der Waals surface area contributed by atoms with Gasteiger partial charge in [-0.2, -0.15) is 5.26 Å². The van der Waals surface area contributed by atoms with Crippen molar-refractivity contribution in [2.75, 3.05) is 0 Å². The van der Waals surface area contributed by atoms with Gasteiger partial charge in [0.1, 0.15) is 6.10 Å². The molecule has 0 bridgehead atoms. The molecule has 1 aliphatic carbocycles. The fourth-order valence-corrected chi connectivity index (χ4v) is 3.24.